The molecule has 3 nitrogen and oxygen atoms in total. The van der Waals surface area contributed by atoms with Gasteiger partial charge in [0.1, 0.15) is 0 Å². The standard InChI is InChI=1S/C18H21NO2/c1-5-17-16(11(2)3)9-14(10-19-17)15-7-6-13(18(20)21)8-12(15)4/h6-11H,5H2,1-4H3,(H,20,21). The lowest BCUT2D eigenvalue weighted by atomic mass is 9.94. The van der Waals surface area contributed by atoms with Crippen molar-refractivity contribution in [3.8, 4) is 11.1 Å². The molecule has 0 saturated heterocycles. The molecule has 0 aliphatic rings. The first kappa shape index (κ1) is 15.2. The highest BCUT2D eigenvalue weighted by molar-refractivity contribution is 5.89. The molecule has 0 unspecified atom stereocenters. The van der Waals surface area contributed by atoms with E-state index in [1.807, 2.05) is 19.2 Å². The summed E-state index contributed by atoms with van der Waals surface area (Å²) in [4.78, 5) is 15.6. The topological polar surface area (TPSA) is 50.2 Å². The monoisotopic (exact) mass is 283 g/mol. The van der Waals surface area contributed by atoms with E-state index >= 15 is 0 Å². The Kier molecular flexibility index (Phi) is 4.41. The largest absolute Gasteiger partial charge is 0.478 e. The fourth-order valence-corrected chi connectivity index (χ4v) is 2.57. The Labute approximate surface area is 125 Å². The maximum absolute atomic E-state index is 11.0. The van der Waals surface area contributed by atoms with E-state index in [-0.39, 0.29) is 0 Å². The van der Waals surface area contributed by atoms with Crippen LogP contribution in [0.4, 0.5) is 0 Å². The second-order valence-corrected chi connectivity index (χ2v) is 5.60. The van der Waals surface area contributed by atoms with Crippen molar-refractivity contribution in [2.75, 3.05) is 0 Å². The van der Waals surface area contributed by atoms with Crippen molar-refractivity contribution in [1.82, 2.24) is 4.98 Å². The molecule has 0 spiro atoms. The zero-order valence-electron chi connectivity index (χ0n) is 13.0. The molecule has 0 aliphatic carbocycles. The third kappa shape index (κ3) is 3.13. The van der Waals surface area contributed by atoms with Gasteiger partial charge in [0.15, 0.2) is 0 Å². The molecule has 0 amide bonds. The minimum atomic E-state index is -0.896. The zero-order chi connectivity index (χ0) is 15.6. The SMILES string of the molecule is CCc1ncc(-c2ccc(C(=O)O)cc2C)cc1C(C)C. The minimum absolute atomic E-state index is 0.318. The molecule has 1 heterocycles. The van der Waals surface area contributed by atoms with Crippen LogP contribution < -0.4 is 0 Å². The fourth-order valence-electron chi connectivity index (χ4n) is 2.57. The normalized spacial score (nSPS) is 10.9. The number of aromatic nitrogens is 1. The summed E-state index contributed by atoms with van der Waals surface area (Å²) in [5, 5.41) is 9.04. The Morgan fingerprint density at radius 3 is 2.52 bits per heavy atom. The molecule has 2 aromatic rings. The van der Waals surface area contributed by atoms with Gasteiger partial charge in [-0.2, -0.15) is 0 Å². The number of nitrogens with zero attached hydrogens (tertiary/aromatic N) is 1. The number of pyridine rings is 1. The molecule has 1 N–H and O–H groups in total. The summed E-state index contributed by atoms with van der Waals surface area (Å²) in [5.74, 6) is -0.474. The first-order valence-electron chi connectivity index (χ1n) is 7.27. The molecule has 0 saturated carbocycles. The Balaban J connectivity index is 2.52. The minimum Gasteiger partial charge on any atom is -0.478 e. The lowest BCUT2D eigenvalue weighted by Crippen LogP contribution is -2.01. The molecule has 0 atom stereocenters. The molecular formula is C18H21NO2. The summed E-state index contributed by atoms with van der Waals surface area (Å²) in [6.45, 7) is 8.38. The highest BCUT2D eigenvalue weighted by Gasteiger charge is 2.12. The van der Waals surface area contributed by atoms with Gasteiger partial charge in [-0.25, -0.2) is 4.79 Å². The Hall–Kier alpha value is -2.16. The van der Waals surface area contributed by atoms with Crippen LogP contribution in [0.5, 0.6) is 0 Å². The Morgan fingerprint density at radius 2 is 2.00 bits per heavy atom. The van der Waals surface area contributed by atoms with Crippen molar-refractivity contribution >= 4 is 5.97 Å². The number of hydrogen-bond donors (Lipinski definition) is 1. The molecule has 0 radical (unpaired) electrons. The van der Waals surface area contributed by atoms with Crippen LogP contribution in [0.2, 0.25) is 0 Å². The molecule has 1 aromatic carbocycles. The molecule has 21 heavy (non-hydrogen) atoms. The molecule has 0 aliphatic heterocycles. The lowest BCUT2D eigenvalue weighted by Gasteiger charge is -2.14. The quantitative estimate of drug-likeness (QED) is 0.902. The van der Waals surface area contributed by atoms with Gasteiger partial charge in [-0.15, -0.1) is 0 Å². The maximum atomic E-state index is 11.0. The number of benzene rings is 1. The molecule has 2 rings (SSSR count). The highest BCUT2D eigenvalue weighted by Crippen LogP contribution is 2.28. The molecule has 0 bridgehead atoms. The summed E-state index contributed by atoms with van der Waals surface area (Å²) in [6.07, 6.45) is 2.80. The van der Waals surface area contributed by atoms with Gasteiger partial charge in [-0.3, -0.25) is 4.98 Å². The van der Waals surface area contributed by atoms with Crippen LogP contribution in [0.1, 0.15) is 53.9 Å². The first-order valence-corrected chi connectivity index (χ1v) is 7.27. The van der Waals surface area contributed by atoms with Crippen LogP contribution in [-0.2, 0) is 6.42 Å². The second-order valence-electron chi connectivity index (χ2n) is 5.60. The van der Waals surface area contributed by atoms with Crippen molar-refractivity contribution in [3.05, 3.63) is 52.8 Å². The van der Waals surface area contributed by atoms with Crippen molar-refractivity contribution in [3.63, 3.8) is 0 Å². The second kappa shape index (κ2) is 6.08. The Bertz CT molecular complexity index is 675. The number of aryl methyl sites for hydroxylation is 2. The van der Waals surface area contributed by atoms with Gasteiger partial charge in [0.05, 0.1) is 5.56 Å². The predicted octanol–water partition coefficient (Wildman–Crippen LogP) is 4.44. The van der Waals surface area contributed by atoms with Crippen molar-refractivity contribution in [2.45, 2.75) is 40.0 Å². The lowest BCUT2D eigenvalue weighted by molar-refractivity contribution is 0.0697. The van der Waals surface area contributed by atoms with E-state index in [9.17, 15) is 4.79 Å². The van der Waals surface area contributed by atoms with Gasteiger partial charge in [-0.1, -0.05) is 26.8 Å². The van der Waals surface area contributed by atoms with Crippen molar-refractivity contribution < 1.29 is 9.90 Å². The van der Waals surface area contributed by atoms with Crippen molar-refractivity contribution in [1.29, 1.82) is 0 Å². The zero-order valence-corrected chi connectivity index (χ0v) is 13.0. The number of rotatable bonds is 4. The van der Waals surface area contributed by atoms with E-state index in [4.69, 9.17) is 5.11 Å². The molecule has 3 heteroatoms. The number of hydrogen-bond acceptors (Lipinski definition) is 2. The summed E-state index contributed by atoms with van der Waals surface area (Å²) >= 11 is 0. The van der Waals surface area contributed by atoms with Gasteiger partial charge >= 0.3 is 5.97 Å². The smallest absolute Gasteiger partial charge is 0.335 e. The third-order valence-electron chi connectivity index (χ3n) is 3.74. The van der Waals surface area contributed by atoms with E-state index in [0.29, 0.717) is 11.5 Å². The van der Waals surface area contributed by atoms with Gasteiger partial charge in [0.2, 0.25) is 0 Å². The summed E-state index contributed by atoms with van der Waals surface area (Å²) in [7, 11) is 0. The number of carbonyl (C=O) groups is 1. The molecule has 1 aromatic heterocycles. The Morgan fingerprint density at radius 1 is 1.29 bits per heavy atom. The van der Waals surface area contributed by atoms with Gasteiger partial charge in [0, 0.05) is 17.5 Å². The average molecular weight is 283 g/mol. The summed E-state index contributed by atoms with van der Waals surface area (Å²) in [6, 6.07) is 7.40. The first-order chi connectivity index (χ1) is 9.93. The van der Waals surface area contributed by atoms with Crippen LogP contribution in [0, 0.1) is 6.92 Å². The summed E-state index contributed by atoms with van der Waals surface area (Å²) < 4.78 is 0. The van der Waals surface area contributed by atoms with E-state index in [1.165, 1.54) is 5.56 Å². The van der Waals surface area contributed by atoms with E-state index in [0.717, 1.165) is 28.8 Å². The fraction of sp³-hybridized carbons (Fsp3) is 0.333. The van der Waals surface area contributed by atoms with Gasteiger partial charge in [-0.05, 0) is 54.2 Å². The van der Waals surface area contributed by atoms with Gasteiger partial charge < -0.3 is 5.11 Å². The van der Waals surface area contributed by atoms with Crippen LogP contribution in [-0.4, -0.2) is 16.1 Å². The van der Waals surface area contributed by atoms with E-state index in [2.05, 4.69) is 31.8 Å². The van der Waals surface area contributed by atoms with Crippen LogP contribution in [0.3, 0.4) is 0 Å². The predicted molar refractivity (Wildman–Crippen MR) is 84.8 cm³/mol. The number of carboxylic acid groups (broad SMARTS) is 1. The summed E-state index contributed by atoms with van der Waals surface area (Å²) in [5.41, 5.74) is 5.75. The van der Waals surface area contributed by atoms with E-state index < -0.39 is 5.97 Å². The van der Waals surface area contributed by atoms with Crippen LogP contribution in [0.15, 0.2) is 30.5 Å². The molecule has 110 valence electrons. The molecule has 0 fully saturated rings. The third-order valence-corrected chi connectivity index (χ3v) is 3.74. The highest BCUT2D eigenvalue weighted by atomic mass is 16.4. The maximum Gasteiger partial charge on any atom is 0.335 e. The van der Waals surface area contributed by atoms with Crippen molar-refractivity contribution in [2.24, 2.45) is 0 Å². The average Bonchev–Trinajstić information content (AvgIpc) is 2.46. The number of carboxylic acids is 1. The molecular weight excluding hydrogens is 262 g/mol. The van der Waals surface area contributed by atoms with Gasteiger partial charge in [0.25, 0.3) is 0 Å². The van der Waals surface area contributed by atoms with Crippen LogP contribution >= 0.6 is 0 Å². The van der Waals surface area contributed by atoms with E-state index in [1.54, 1.807) is 12.1 Å². The number of aromatic carboxylic acids is 1. The van der Waals surface area contributed by atoms with Crippen LogP contribution in [0.25, 0.3) is 11.1 Å².